The Morgan fingerprint density at radius 1 is 1.35 bits per heavy atom. The molecule has 0 aromatic carbocycles. The average molecular weight is 304 g/mol. The second kappa shape index (κ2) is 7.52. The van der Waals surface area contributed by atoms with Crippen molar-refractivity contribution in [2.75, 3.05) is 0 Å². The second-order valence-corrected chi connectivity index (χ2v) is 8.57. The van der Waals surface area contributed by atoms with E-state index in [9.17, 15) is 9.35 Å². The summed E-state index contributed by atoms with van der Waals surface area (Å²) in [5.41, 5.74) is 0. The van der Waals surface area contributed by atoms with Gasteiger partial charge in [-0.25, -0.2) is 4.79 Å². The van der Waals surface area contributed by atoms with Crippen molar-refractivity contribution >= 4 is 17.5 Å². The van der Waals surface area contributed by atoms with Crippen LogP contribution < -0.4 is 10.0 Å². The Balaban J connectivity index is 2.46. The molecule has 1 saturated carbocycles. The van der Waals surface area contributed by atoms with Gasteiger partial charge >= 0.3 is 6.09 Å². The molecule has 1 rings (SSSR count). The van der Waals surface area contributed by atoms with Crippen LogP contribution in [0, 0.1) is 5.92 Å². The third-order valence-corrected chi connectivity index (χ3v) is 5.55. The SMILES string of the molecule is CC[C@H](N[S@@+]([O-])C(C)(C)C)C1CCC(NC(=O)O)CC1. The van der Waals surface area contributed by atoms with Gasteiger partial charge in [0.2, 0.25) is 0 Å². The van der Waals surface area contributed by atoms with E-state index >= 15 is 0 Å². The van der Waals surface area contributed by atoms with Crippen molar-refractivity contribution < 1.29 is 14.5 Å². The van der Waals surface area contributed by atoms with Crippen molar-refractivity contribution in [2.24, 2.45) is 5.92 Å². The Bertz CT molecular complexity index is 312. The van der Waals surface area contributed by atoms with Gasteiger partial charge in [-0.15, -0.1) is 4.72 Å². The lowest BCUT2D eigenvalue weighted by Gasteiger charge is -2.35. The first-order chi connectivity index (χ1) is 9.24. The quantitative estimate of drug-likeness (QED) is 0.682. The molecule has 1 aliphatic carbocycles. The first-order valence-electron chi connectivity index (χ1n) is 7.41. The minimum Gasteiger partial charge on any atom is -0.598 e. The van der Waals surface area contributed by atoms with Gasteiger partial charge < -0.3 is 15.0 Å². The van der Waals surface area contributed by atoms with E-state index in [4.69, 9.17) is 5.11 Å². The van der Waals surface area contributed by atoms with E-state index in [-0.39, 0.29) is 16.8 Å². The maximum Gasteiger partial charge on any atom is 0.404 e. The zero-order valence-corrected chi connectivity index (χ0v) is 13.8. The maximum atomic E-state index is 12.2. The molecule has 0 aromatic heterocycles. The molecule has 0 spiro atoms. The van der Waals surface area contributed by atoms with Gasteiger partial charge in [0.15, 0.2) is 0 Å². The topological polar surface area (TPSA) is 84.4 Å². The third-order valence-electron chi connectivity index (χ3n) is 3.92. The molecule has 2 atom stereocenters. The molecule has 0 heterocycles. The van der Waals surface area contributed by atoms with Crippen LogP contribution >= 0.6 is 0 Å². The molecule has 0 aliphatic heterocycles. The highest BCUT2D eigenvalue weighted by Gasteiger charge is 2.33. The van der Waals surface area contributed by atoms with Crippen LogP contribution in [-0.4, -0.2) is 32.6 Å². The number of nitrogens with one attached hydrogen (secondary N) is 2. The van der Waals surface area contributed by atoms with Crippen molar-refractivity contribution in [3.63, 3.8) is 0 Å². The third kappa shape index (κ3) is 5.50. The summed E-state index contributed by atoms with van der Waals surface area (Å²) in [4.78, 5) is 10.6. The molecular weight excluding hydrogens is 276 g/mol. The van der Waals surface area contributed by atoms with E-state index in [1.54, 1.807) is 0 Å². The van der Waals surface area contributed by atoms with Crippen LogP contribution in [0.1, 0.15) is 59.8 Å². The van der Waals surface area contributed by atoms with Crippen molar-refractivity contribution in [3.8, 4) is 0 Å². The smallest absolute Gasteiger partial charge is 0.404 e. The molecule has 1 fully saturated rings. The number of carboxylic acid groups (broad SMARTS) is 1. The molecule has 0 unspecified atom stereocenters. The Morgan fingerprint density at radius 3 is 2.30 bits per heavy atom. The van der Waals surface area contributed by atoms with Crippen molar-refractivity contribution in [1.29, 1.82) is 0 Å². The molecule has 0 bridgehead atoms. The van der Waals surface area contributed by atoms with Gasteiger partial charge in [0.1, 0.15) is 4.75 Å². The predicted molar refractivity (Wildman–Crippen MR) is 82.0 cm³/mol. The summed E-state index contributed by atoms with van der Waals surface area (Å²) in [6, 6.07) is 0.329. The average Bonchev–Trinajstić information content (AvgIpc) is 2.35. The Hall–Kier alpha value is -0.460. The molecule has 5 nitrogen and oxygen atoms in total. The van der Waals surface area contributed by atoms with Crippen LogP contribution in [0.5, 0.6) is 0 Å². The monoisotopic (exact) mass is 304 g/mol. The van der Waals surface area contributed by atoms with Gasteiger partial charge in [-0.05, 0) is 58.8 Å². The lowest BCUT2D eigenvalue weighted by Crippen LogP contribution is -2.48. The van der Waals surface area contributed by atoms with Gasteiger partial charge in [0.05, 0.1) is 6.04 Å². The molecule has 6 heteroatoms. The molecule has 118 valence electrons. The summed E-state index contributed by atoms with van der Waals surface area (Å²) in [5.74, 6) is 0.484. The number of rotatable bonds is 5. The van der Waals surface area contributed by atoms with Crippen LogP contribution in [0.25, 0.3) is 0 Å². The van der Waals surface area contributed by atoms with Gasteiger partial charge in [0.25, 0.3) is 0 Å². The van der Waals surface area contributed by atoms with E-state index in [1.807, 2.05) is 20.8 Å². The lowest BCUT2D eigenvalue weighted by atomic mass is 9.81. The summed E-state index contributed by atoms with van der Waals surface area (Å²) in [5, 5.41) is 11.3. The summed E-state index contributed by atoms with van der Waals surface area (Å²) in [6.07, 6.45) is 3.72. The summed E-state index contributed by atoms with van der Waals surface area (Å²) in [7, 11) is 0. The lowest BCUT2D eigenvalue weighted by molar-refractivity contribution is 0.179. The van der Waals surface area contributed by atoms with E-state index in [1.165, 1.54) is 0 Å². The van der Waals surface area contributed by atoms with Crippen LogP contribution in [0.4, 0.5) is 4.79 Å². The fourth-order valence-electron chi connectivity index (χ4n) is 2.67. The van der Waals surface area contributed by atoms with Crippen molar-refractivity contribution in [2.45, 2.75) is 76.6 Å². The van der Waals surface area contributed by atoms with Crippen LogP contribution in [0.2, 0.25) is 0 Å². The van der Waals surface area contributed by atoms with E-state index in [2.05, 4.69) is 17.0 Å². The highest BCUT2D eigenvalue weighted by molar-refractivity contribution is 7.90. The molecule has 0 saturated heterocycles. The summed E-state index contributed by atoms with van der Waals surface area (Å²) in [6.45, 7) is 8.02. The van der Waals surface area contributed by atoms with Gasteiger partial charge in [-0.2, -0.15) is 0 Å². The fraction of sp³-hybridized carbons (Fsp3) is 0.929. The standard InChI is InChI=1S/C14H28N2O3S/c1-5-12(16-20(19)14(2,3)4)10-6-8-11(9-7-10)15-13(17)18/h10-12,15-16H,5-9H2,1-4H3,(H,17,18)/t10?,11?,12-,20-/m0/s1. The Labute approximate surface area is 125 Å². The van der Waals surface area contributed by atoms with Crippen LogP contribution in [0.3, 0.4) is 0 Å². The number of hydrogen-bond acceptors (Lipinski definition) is 3. The minimum atomic E-state index is -1.05. The van der Waals surface area contributed by atoms with Gasteiger partial charge in [0, 0.05) is 17.4 Å². The number of hydrogen-bond donors (Lipinski definition) is 3. The van der Waals surface area contributed by atoms with Gasteiger partial charge in [-0.3, -0.25) is 0 Å². The minimum absolute atomic E-state index is 0.0781. The maximum absolute atomic E-state index is 12.2. The van der Waals surface area contributed by atoms with Crippen LogP contribution in [-0.2, 0) is 11.4 Å². The van der Waals surface area contributed by atoms with E-state index in [0.717, 1.165) is 32.1 Å². The molecule has 0 aromatic rings. The zero-order chi connectivity index (χ0) is 15.3. The molecule has 1 amide bonds. The zero-order valence-electron chi connectivity index (χ0n) is 12.9. The van der Waals surface area contributed by atoms with Crippen molar-refractivity contribution in [3.05, 3.63) is 0 Å². The molecule has 20 heavy (non-hydrogen) atoms. The Kier molecular flexibility index (Phi) is 6.61. The molecule has 0 radical (unpaired) electrons. The van der Waals surface area contributed by atoms with Crippen LogP contribution in [0.15, 0.2) is 0 Å². The number of amides is 1. The van der Waals surface area contributed by atoms with E-state index in [0.29, 0.717) is 5.92 Å². The van der Waals surface area contributed by atoms with E-state index < -0.39 is 17.5 Å². The van der Waals surface area contributed by atoms with Crippen molar-refractivity contribution in [1.82, 2.24) is 10.0 Å². The second-order valence-electron chi connectivity index (χ2n) is 6.57. The summed E-state index contributed by atoms with van der Waals surface area (Å²) >= 11 is -1.05. The number of carbonyl (C=O) groups is 1. The first kappa shape index (κ1) is 17.6. The fourth-order valence-corrected chi connectivity index (χ4v) is 3.66. The normalized spacial score (nSPS) is 26.9. The van der Waals surface area contributed by atoms with Gasteiger partial charge in [-0.1, -0.05) is 6.92 Å². The molecule has 3 N–H and O–H groups in total. The highest BCUT2D eigenvalue weighted by Crippen LogP contribution is 2.29. The largest absolute Gasteiger partial charge is 0.598 e. The Morgan fingerprint density at radius 2 is 1.90 bits per heavy atom. The molecule has 1 aliphatic rings. The summed E-state index contributed by atoms with van der Waals surface area (Å²) < 4.78 is 15.2. The predicted octanol–water partition coefficient (Wildman–Crippen LogP) is 2.64. The first-order valence-corrected chi connectivity index (χ1v) is 8.56. The highest BCUT2D eigenvalue weighted by atomic mass is 32.2. The molecular formula is C14H28N2O3S.